The van der Waals surface area contributed by atoms with Crippen molar-refractivity contribution in [2.45, 2.75) is 83.9 Å². The van der Waals surface area contributed by atoms with Crippen LogP contribution < -0.4 is 15.5 Å². The average Bonchev–Trinajstić information content (AvgIpc) is 2.95. The van der Waals surface area contributed by atoms with E-state index < -0.39 is 23.7 Å². The number of aromatic nitrogens is 1. The smallest absolute Gasteiger partial charge is 0.408 e. The standard InChI is InChI=1S/C32H42N6O5S/c1-9-24-25(16-33)28(38(8)14-15-42-30(40)27(20(2)3)36-31(41)43-32(5,6)7)37-29(26(24)17-34)44-19-23-12-10-22(11-13-23)18-35-21(4)39/h10-13,20,27H,9,14-15,18-19H2,1-8H3,(H,35,39)(H,36,41). The van der Waals surface area contributed by atoms with Crippen molar-refractivity contribution < 1.29 is 23.9 Å². The molecule has 44 heavy (non-hydrogen) atoms. The maximum atomic E-state index is 12.8. The number of nitriles is 2. The molecule has 0 saturated heterocycles. The number of thioether (sulfide) groups is 1. The first-order valence-corrected chi connectivity index (χ1v) is 15.4. The Morgan fingerprint density at radius 1 is 1.07 bits per heavy atom. The molecule has 0 radical (unpaired) electrons. The molecule has 1 atom stereocenters. The Hall–Kier alpha value is -4.29. The van der Waals surface area contributed by atoms with Gasteiger partial charge < -0.3 is 25.0 Å². The first-order chi connectivity index (χ1) is 20.7. The number of rotatable bonds is 13. The predicted octanol–water partition coefficient (Wildman–Crippen LogP) is 4.84. The number of ether oxygens (including phenoxy) is 2. The maximum absolute atomic E-state index is 12.8. The van der Waals surface area contributed by atoms with Crippen molar-refractivity contribution in [3.8, 4) is 12.1 Å². The lowest BCUT2D eigenvalue weighted by Gasteiger charge is -2.25. The third kappa shape index (κ3) is 10.8. The highest BCUT2D eigenvalue weighted by atomic mass is 32.2. The Kier molecular flexibility index (Phi) is 13.5. The van der Waals surface area contributed by atoms with E-state index in [-0.39, 0.29) is 25.0 Å². The molecule has 236 valence electrons. The number of hydrogen-bond acceptors (Lipinski definition) is 10. The van der Waals surface area contributed by atoms with Gasteiger partial charge in [0.25, 0.3) is 0 Å². The molecule has 1 unspecified atom stereocenters. The van der Waals surface area contributed by atoms with E-state index in [2.05, 4.69) is 22.8 Å². The monoisotopic (exact) mass is 622 g/mol. The molecule has 2 aromatic rings. The number of anilines is 1. The molecule has 1 aromatic heterocycles. The van der Waals surface area contributed by atoms with Gasteiger partial charge in [0.05, 0.1) is 17.7 Å². The van der Waals surface area contributed by atoms with Gasteiger partial charge in [0.1, 0.15) is 41.2 Å². The third-order valence-electron chi connectivity index (χ3n) is 6.39. The molecule has 0 aliphatic rings. The SMILES string of the molecule is CCc1c(C#N)c(SCc2ccc(CNC(C)=O)cc2)nc(N(C)CCOC(=O)C(NC(=O)OC(C)(C)C)C(C)C)c1C#N. The van der Waals surface area contributed by atoms with Crippen molar-refractivity contribution in [2.24, 2.45) is 5.92 Å². The second kappa shape index (κ2) is 16.5. The van der Waals surface area contributed by atoms with Crippen LogP contribution in [0.2, 0.25) is 0 Å². The molecule has 11 nitrogen and oxygen atoms in total. The van der Waals surface area contributed by atoms with E-state index in [0.717, 1.165) is 11.1 Å². The summed E-state index contributed by atoms with van der Waals surface area (Å²) in [6.45, 7) is 12.8. The summed E-state index contributed by atoms with van der Waals surface area (Å²) >= 11 is 1.40. The van der Waals surface area contributed by atoms with Crippen LogP contribution >= 0.6 is 11.8 Å². The fraction of sp³-hybridized carbons (Fsp3) is 0.500. The average molecular weight is 623 g/mol. The number of alkyl carbamates (subject to hydrolysis) is 1. The van der Waals surface area contributed by atoms with Gasteiger partial charge in [-0.15, -0.1) is 11.8 Å². The number of hydrogen-bond donors (Lipinski definition) is 2. The number of pyridine rings is 1. The second-order valence-corrected chi connectivity index (χ2v) is 12.5. The van der Waals surface area contributed by atoms with Crippen molar-refractivity contribution in [2.75, 3.05) is 25.1 Å². The van der Waals surface area contributed by atoms with E-state index in [9.17, 15) is 24.9 Å². The van der Waals surface area contributed by atoms with Crippen LogP contribution in [0.15, 0.2) is 29.3 Å². The number of carbonyl (C=O) groups excluding carboxylic acids is 3. The third-order valence-corrected chi connectivity index (χ3v) is 7.44. The minimum Gasteiger partial charge on any atom is -0.462 e. The lowest BCUT2D eigenvalue weighted by molar-refractivity contribution is -0.147. The molecule has 1 heterocycles. The lowest BCUT2D eigenvalue weighted by Crippen LogP contribution is -2.47. The van der Waals surface area contributed by atoms with Crippen molar-refractivity contribution in [3.63, 3.8) is 0 Å². The second-order valence-electron chi connectivity index (χ2n) is 11.5. The molecular weight excluding hydrogens is 580 g/mol. The summed E-state index contributed by atoms with van der Waals surface area (Å²) in [5.41, 5.74) is 2.55. The van der Waals surface area contributed by atoms with Gasteiger partial charge in [0.2, 0.25) is 5.91 Å². The number of benzene rings is 1. The molecule has 2 N–H and O–H groups in total. The van der Waals surface area contributed by atoms with Gasteiger partial charge in [0.15, 0.2) is 0 Å². The highest BCUT2D eigenvalue weighted by molar-refractivity contribution is 7.98. The Morgan fingerprint density at radius 2 is 1.68 bits per heavy atom. The highest BCUT2D eigenvalue weighted by Crippen LogP contribution is 2.33. The number of nitrogens with one attached hydrogen (secondary N) is 2. The Labute approximate surface area is 264 Å². The Morgan fingerprint density at radius 3 is 2.20 bits per heavy atom. The number of likely N-dealkylation sites (N-methyl/N-ethyl adjacent to an activating group) is 1. The zero-order valence-corrected chi connectivity index (χ0v) is 27.6. The van der Waals surface area contributed by atoms with Crippen molar-refractivity contribution in [1.29, 1.82) is 10.5 Å². The van der Waals surface area contributed by atoms with Gasteiger partial charge in [-0.3, -0.25) is 4.79 Å². The highest BCUT2D eigenvalue weighted by Gasteiger charge is 2.28. The summed E-state index contributed by atoms with van der Waals surface area (Å²) < 4.78 is 10.8. The quantitative estimate of drug-likeness (QED) is 0.234. The largest absolute Gasteiger partial charge is 0.462 e. The molecule has 2 amide bonds. The van der Waals surface area contributed by atoms with Crippen LogP contribution in [-0.4, -0.2) is 54.8 Å². The van der Waals surface area contributed by atoms with Crippen LogP contribution in [0.1, 0.15) is 76.3 Å². The fourth-order valence-electron chi connectivity index (χ4n) is 4.11. The first kappa shape index (κ1) is 35.9. The summed E-state index contributed by atoms with van der Waals surface area (Å²) in [5.74, 6) is -0.000468. The van der Waals surface area contributed by atoms with Crippen LogP contribution in [0, 0.1) is 28.6 Å². The molecule has 1 aromatic carbocycles. The van der Waals surface area contributed by atoms with Crippen molar-refractivity contribution >= 4 is 35.5 Å². The van der Waals surface area contributed by atoms with E-state index in [1.54, 1.807) is 46.6 Å². The number of nitrogens with zero attached hydrogens (tertiary/aromatic N) is 4. The minimum atomic E-state index is -0.896. The van der Waals surface area contributed by atoms with Gasteiger partial charge >= 0.3 is 12.1 Å². The Balaban J connectivity index is 2.18. The first-order valence-electron chi connectivity index (χ1n) is 14.4. The van der Waals surface area contributed by atoms with Gasteiger partial charge in [-0.05, 0) is 49.8 Å². The summed E-state index contributed by atoms with van der Waals surface area (Å²) in [5, 5.41) is 25.9. The zero-order valence-electron chi connectivity index (χ0n) is 26.7. The summed E-state index contributed by atoms with van der Waals surface area (Å²) in [4.78, 5) is 42.7. The predicted molar refractivity (Wildman–Crippen MR) is 169 cm³/mol. The molecule has 0 aliphatic heterocycles. The van der Waals surface area contributed by atoms with Crippen LogP contribution in [0.3, 0.4) is 0 Å². The topological polar surface area (TPSA) is 157 Å². The molecule has 2 rings (SSSR count). The molecule has 12 heteroatoms. The molecular formula is C32H42N6O5S. The molecule has 0 spiro atoms. The van der Waals surface area contributed by atoms with Crippen LogP contribution in [0.25, 0.3) is 0 Å². The normalized spacial score (nSPS) is 11.6. The molecule has 0 saturated carbocycles. The summed E-state index contributed by atoms with van der Waals surface area (Å²) in [6, 6.07) is 11.3. The summed E-state index contributed by atoms with van der Waals surface area (Å²) in [7, 11) is 1.74. The maximum Gasteiger partial charge on any atom is 0.408 e. The van der Waals surface area contributed by atoms with Crippen LogP contribution in [-0.2, 0) is 37.8 Å². The lowest BCUT2D eigenvalue weighted by atomic mass is 10.0. The number of carbonyl (C=O) groups is 3. The number of amides is 2. The molecule has 0 fully saturated rings. The van der Waals surface area contributed by atoms with Crippen LogP contribution in [0.5, 0.6) is 0 Å². The van der Waals surface area contributed by atoms with E-state index in [1.165, 1.54) is 18.7 Å². The van der Waals surface area contributed by atoms with Gasteiger partial charge in [0, 0.05) is 26.3 Å². The Bertz CT molecular complexity index is 1410. The minimum absolute atomic E-state index is 0.0180. The number of esters is 1. The van der Waals surface area contributed by atoms with Crippen molar-refractivity contribution in [3.05, 3.63) is 52.1 Å². The van der Waals surface area contributed by atoms with E-state index >= 15 is 0 Å². The molecule has 0 bridgehead atoms. The van der Waals surface area contributed by atoms with Crippen molar-refractivity contribution in [1.82, 2.24) is 15.6 Å². The van der Waals surface area contributed by atoms with Crippen LogP contribution in [0.4, 0.5) is 10.6 Å². The van der Waals surface area contributed by atoms with E-state index in [1.807, 2.05) is 31.2 Å². The molecule has 0 aliphatic carbocycles. The van der Waals surface area contributed by atoms with Gasteiger partial charge in [-0.2, -0.15) is 10.5 Å². The fourth-order valence-corrected chi connectivity index (χ4v) is 5.07. The van der Waals surface area contributed by atoms with Gasteiger partial charge in [-0.1, -0.05) is 45.0 Å². The summed E-state index contributed by atoms with van der Waals surface area (Å²) in [6.07, 6.45) is -0.245. The zero-order chi connectivity index (χ0) is 33.0. The van der Waals surface area contributed by atoms with Gasteiger partial charge in [-0.25, -0.2) is 14.6 Å². The van der Waals surface area contributed by atoms with E-state index in [0.29, 0.717) is 46.3 Å². The van der Waals surface area contributed by atoms with E-state index in [4.69, 9.17) is 14.5 Å².